The Balaban J connectivity index is 2.01. The van der Waals surface area contributed by atoms with Crippen LogP contribution in [-0.4, -0.2) is 46.1 Å². The Labute approximate surface area is 176 Å². The third kappa shape index (κ3) is 3.65. The van der Waals surface area contributed by atoms with Crippen molar-refractivity contribution in [2.24, 2.45) is 0 Å². The van der Waals surface area contributed by atoms with Crippen LogP contribution in [0.15, 0.2) is 58.6 Å². The van der Waals surface area contributed by atoms with Gasteiger partial charge in [0.15, 0.2) is 0 Å². The molecule has 160 valence electrons. The first-order valence-corrected chi connectivity index (χ1v) is 11.5. The summed E-state index contributed by atoms with van der Waals surface area (Å²) in [6.07, 6.45) is 2.27. The third-order valence-corrected chi connectivity index (χ3v) is 6.54. The van der Waals surface area contributed by atoms with Crippen LogP contribution in [0.1, 0.15) is 11.1 Å². The van der Waals surface area contributed by atoms with E-state index in [1.165, 1.54) is 36.7 Å². The Morgan fingerprint density at radius 1 is 0.710 bits per heavy atom. The molecule has 4 aromatic rings. The highest BCUT2D eigenvalue weighted by molar-refractivity contribution is 7.86. The zero-order chi connectivity index (χ0) is 22.6. The van der Waals surface area contributed by atoms with Gasteiger partial charge in [0.05, 0.1) is 0 Å². The van der Waals surface area contributed by atoms with E-state index >= 15 is 0 Å². The highest BCUT2D eigenvalue weighted by atomic mass is 32.2. The van der Waals surface area contributed by atoms with Crippen LogP contribution in [0.4, 0.5) is 0 Å². The number of phenolic OH excluding ortho intramolecular Hbond substituents is 2. The van der Waals surface area contributed by atoms with Gasteiger partial charge in [-0.05, 0) is 36.4 Å². The number of aromatic hydroxyl groups is 2. The third-order valence-electron chi connectivity index (χ3n) is 4.75. The molecule has 0 unspecified atom stereocenters. The molecule has 4 N–H and O–H groups in total. The summed E-state index contributed by atoms with van der Waals surface area (Å²) < 4.78 is 66.7. The van der Waals surface area contributed by atoms with Crippen LogP contribution in [0.25, 0.3) is 21.8 Å². The normalized spacial score (nSPS) is 12.5. The van der Waals surface area contributed by atoms with E-state index in [9.17, 15) is 36.2 Å². The van der Waals surface area contributed by atoms with Crippen molar-refractivity contribution in [3.05, 3.63) is 59.9 Å². The molecule has 2 aromatic carbocycles. The molecule has 4 rings (SSSR count). The summed E-state index contributed by atoms with van der Waals surface area (Å²) in [6, 6.07) is 7.56. The van der Waals surface area contributed by atoms with Gasteiger partial charge in [-0.25, -0.2) is 0 Å². The quantitative estimate of drug-likeness (QED) is 0.329. The van der Waals surface area contributed by atoms with Crippen molar-refractivity contribution in [3.8, 4) is 11.5 Å². The van der Waals surface area contributed by atoms with Crippen LogP contribution in [0.5, 0.6) is 11.5 Å². The molecule has 0 amide bonds. The Bertz CT molecular complexity index is 1460. The fourth-order valence-electron chi connectivity index (χ4n) is 3.40. The first-order chi connectivity index (χ1) is 14.5. The highest BCUT2D eigenvalue weighted by Crippen LogP contribution is 2.38. The van der Waals surface area contributed by atoms with Crippen molar-refractivity contribution in [2.75, 3.05) is 0 Å². The molecule has 0 saturated heterocycles. The lowest BCUT2D eigenvalue weighted by Gasteiger charge is -2.14. The maximum absolute atomic E-state index is 11.9. The first kappa shape index (κ1) is 20.9. The molecule has 0 radical (unpaired) electrons. The minimum atomic E-state index is -4.70. The molecule has 0 aliphatic heterocycles. The van der Waals surface area contributed by atoms with Crippen LogP contribution in [0.2, 0.25) is 0 Å². The molecule has 0 aliphatic rings. The summed E-state index contributed by atoms with van der Waals surface area (Å²) in [5.74, 6) is -0.839. The summed E-state index contributed by atoms with van der Waals surface area (Å²) in [5.41, 5.74) is -0.349. The van der Waals surface area contributed by atoms with Crippen molar-refractivity contribution in [2.45, 2.75) is 16.2 Å². The van der Waals surface area contributed by atoms with Gasteiger partial charge in [-0.2, -0.15) is 16.8 Å². The monoisotopic (exact) mass is 462 g/mol. The van der Waals surface area contributed by atoms with E-state index in [-0.39, 0.29) is 39.4 Å². The number of pyridine rings is 2. The number of hydrogen-bond donors (Lipinski definition) is 4. The zero-order valence-electron chi connectivity index (χ0n) is 15.5. The smallest absolute Gasteiger partial charge is 0.295 e. The topological polar surface area (TPSA) is 175 Å². The molecule has 12 heteroatoms. The second-order valence-electron chi connectivity index (χ2n) is 6.69. The van der Waals surface area contributed by atoms with E-state index in [2.05, 4.69) is 9.97 Å². The van der Waals surface area contributed by atoms with Crippen LogP contribution in [0.3, 0.4) is 0 Å². The van der Waals surface area contributed by atoms with E-state index in [1.54, 1.807) is 0 Å². The molecule has 31 heavy (non-hydrogen) atoms. The Hall–Kier alpha value is -3.32. The molecule has 10 nitrogen and oxygen atoms in total. The molecule has 0 saturated carbocycles. The molecular formula is C19H14N2O8S2. The van der Waals surface area contributed by atoms with Gasteiger partial charge in [-0.3, -0.25) is 19.1 Å². The summed E-state index contributed by atoms with van der Waals surface area (Å²) in [5, 5.41) is 21.2. The average Bonchev–Trinajstić information content (AvgIpc) is 2.70. The zero-order valence-corrected chi connectivity index (χ0v) is 17.1. The predicted molar refractivity (Wildman–Crippen MR) is 109 cm³/mol. The Morgan fingerprint density at radius 2 is 1.10 bits per heavy atom. The number of rotatable bonds is 4. The minimum Gasteiger partial charge on any atom is -0.505 e. The van der Waals surface area contributed by atoms with Gasteiger partial charge in [0, 0.05) is 40.7 Å². The van der Waals surface area contributed by atoms with Crippen molar-refractivity contribution in [1.29, 1.82) is 0 Å². The summed E-state index contributed by atoms with van der Waals surface area (Å²) in [7, 11) is -9.40. The van der Waals surface area contributed by atoms with Gasteiger partial charge in [0.1, 0.15) is 32.3 Å². The van der Waals surface area contributed by atoms with Gasteiger partial charge in [0.25, 0.3) is 20.2 Å². The molecule has 0 bridgehead atoms. The molecule has 2 aromatic heterocycles. The lowest BCUT2D eigenvalue weighted by molar-refractivity contribution is 0.467. The minimum absolute atomic E-state index is 0.0192. The number of phenols is 2. The standard InChI is InChI=1S/C19H14N2O8S2/c22-18-10(8-14(30(24,25)26)12-3-1-5-20-16(12)18)7-11-9-15(31(27,28)29)13-4-2-6-21-17(13)19(11)23/h1-6,8-9,22-23H,7H2,(H,24,25,26)(H,27,28,29). The predicted octanol–water partition coefficient (Wildman–Crippen LogP) is 2.28. The van der Waals surface area contributed by atoms with Crippen LogP contribution in [-0.2, 0) is 26.7 Å². The van der Waals surface area contributed by atoms with E-state index in [4.69, 9.17) is 0 Å². The number of benzene rings is 2. The molecular weight excluding hydrogens is 448 g/mol. The fraction of sp³-hybridized carbons (Fsp3) is 0.0526. The maximum atomic E-state index is 11.9. The molecule has 0 atom stereocenters. The van der Waals surface area contributed by atoms with Crippen LogP contribution >= 0.6 is 0 Å². The van der Waals surface area contributed by atoms with Gasteiger partial charge in [-0.1, -0.05) is 0 Å². The molecule has 2 heterocycles. The summed E-state index contributed by atoms with van der Waals surface area (Å²) >= 11 is 0. The van der Waals surface area contributed by atoms with Crippen LogP contribution < -0.4 is 0 Å². The second kappa shape index (κ2) is 7.13. The Kier molecular flexibility index (Phi) is 4.81. The highest BCUT2D eigenvalue weighted by Gasteiger charge is 2.24. The second-order valence-corrected chi connectivity index (χ2v) is 9.47. The number of nitrogens with zero attached hydrogens (tertiary/aromatic N) is 2. The van der Waals surface area contributed by atoms with Crippen LogP contribution in [0, 0.1) is 0 Å². The summed E-state index contributed by atoms with van der Waals surface area (Å²) in [6.45, 7) is 0. The van der Waals surface area contributed by atoms with Gasteiger partial charge < -0.3 is 10.2 Å². The van der Waals surface area contributed by atoms with E-state index in [1.807, 2.05) is 0 Å². The SMILES string of the molecule is O=S(=O)(O)c1cc(Cc2cc(S(=O)(=O)O)c3cccnc3c2O)c(O)c2ncccc12. The largest absolute Gasteiger partial charge is 0.505 e. The first-order valence-electron chi connectivity index (χ1n) is 8.62. The number of hydrogen-bond acceptors (Lipinski definition) is 8. The Morgan fingerprint density at radius 3 is 1.45 bits per heavy atom. The van der Waals surface area contributed by atoms with Gasteiger partial charge in [0.2, 0.25) is 0 Å². The summed E-state index contributed by atoms with van der Waals surface area (Å²) in [4.78, 5) is 6.87. The van der Waals surface area contributed by atoms with E-state index < -0.39 is 41.5 Å². The van der Waals surface area contributed by atoms with E-state index in [0.717, 1.165) is 12.1 Å². The lowest BCUT2D eigenvalue weighted by Crippen LogP contribution is -2.04. The number of aromatic nitrogens is 2. The van der Waals surface area contributed by atoms with Gasteiger partial charge >= 0.3 is 0 Å². The van der Waals surface area contributed by atoms with E-state index in [0.29, 0.717) is 0 Å². The van der Waals surface area contributed by atoms with Crippen molar-refractivity contribution in [1.82, 2.24) is 9.97 Å². The average molecular weight is 462 g/mol. The van der Waals surface area contributed by atoms with Crippen molar-refractivity contribution < 1.29 is 36.2 Å². The van der Waals surface area contributed by atoms with Crippen molar-refractivity contribution >= 4 is 42.0 Å². The van der Waals surface area contributed by atoms with Gasteiger partial charge in [-0.15, -0.1) is 0 Å². The van der Waals surface area contributed by atoms with Crippen molar-refractivity contribution in [3.63, 3.8) is 0 Å². The maximum Gasteiger partial charge on any atom is 0.295 e. The molecule has 0 spiro atoms. The lowest BCUT2D eigenvalue weighted by atomic mass is 9.99. The molecule has 0 fully saturated rings. The fourth-order valence-corrected chi connectivity index (χ4v) is 4.87. The molecule has 0 aliphatic carbocycles. The number of fused-ring (bicyclic) bond motifs is 2.